The van der Waals surface area contributed by atoms with Gasteiger partial charge in [-0.2, -0.15) is 0 Å². The van der Waals surface area contributed by atoms with Crippen molar-refractivity contribution in [3.63, 3.8) is 0 Å². The van der Waals surface area contributed by atoms with Crippen molar-refractivity contribution in [2.24, 2.45) is 0 Å². The van der Waals surface area contributed by atoms with E-state index < -0.39 is 11.7 Å². The average molecular weight is 295 g/mol. The summed E-state index contributed by atoms with van der Waals surface area (Å²) in [6.07, 6.45) is 2.57. The number of nitrogens with zero attached hydrogens (tertiary/aromatic N) is 3. The molecule has 20 heavy (non-hydrogen) atoms. The quantitative estimate of drug-likeness (QED) is 0.884. The second-order valence-electron chi connectivity index (χ2n) is 4.22. The summed E-state index contributed by atoms with van der Waals surface area (Å²) in [6, 6.07) is 4.42. The lowest BCUT2D eigenvalue weighted by Gasteiger charge is -2.16. The van der Waals surface area contributed by atoms with Gasteiger partial charge in [0, 0.05) is 20.3 Å². The molecule has 1 amide bonds. The lowest BCUT2D eigenvalue weighted by atomic mass is 10.2. The number of aromatic nitrogens is 2. The van der Waals surface area contributed by atoms with Crippen molar-refractivity contribution in [3.8, 4) is 0 Å². The third kappa shape index (κ3) is 3.03. The molecule has 2 heterocycles. The monoisotopic (exact) mass is 294 g/mol. The second kappa shape index (κ2) is 5.83. The highest BCUT2D eigenvalue weighted by Crippen LogP contribution is 2.22. The second-order valence-corrected chi connectivity index (χ2v) is 4.57. The predicted octanol–water partition coefficient (Wildman–Crippen LogP) is 2.59. The first-order chi connectivity index (χ1) is 9.49. The molecule has 0 unspecified atom stereocenters. The zero-order chi connectivity index (χ0) is 14.7. The lowest BCUT2D eigenvalue weighted by molar-refractivity contribution is 0.102. The first kappa shape index (κ1) is 14.2. The molecule has 0 bridgehead atoms. The molecule has 0 aliphatic rings. The van der Waals surface area contributed by atoms with Crippen LogP contribution in [0.2, 0.25) is 5.15 Å². The van der Waals surface area contributed by atoms with Gasteiger partial charge in [0.2, 0.25) is 0 Å². The average Bonchev–Trinajstić information content (AvgIpc) is 2.41. The summed E-state index contributed by atoms with van der Waals surface area (Å²) in [7, 11) is 3.60. The molecular weight excluding hydrogens is 283 g/mol. The Kier molecular flexibility index (Phi) is 4.14. The normalized spacial score (nSPS) is 10.2. The summed E-state index contributed by atoms with van der Waals surface area (Å²) >= 11 is 5.79. The van der Waals surface area contributed by atoms with Crippen molar-refractivity contribution in [3.05, 3.63) is 47.1 Å². The van der Waals surface area contributed by atoms with Gasteiger partial charge >= 0.3 is 0 Å². The minimum Gasteiger partial charge on any atom is -0.361 e. The van der Waals surface area contributed by atoms with E-state index in [1.165, 1.54) is 0 Å². The van der Waals surface area contributed by atoms with Crippen LogP contribution in [0.4, 0.5) is 15.9 Å². The van der Waals surface area contributed by atoms with E-state index in [0.29, 0.717) is 11.5 Å². The van der Waals surface area contributed by atoms with Gasteiger partial charge in [0.1, 0.15) is 11.0 Å². The maximum absolute atomic E-state index is 13.1. The van der Waals surface area contributed by atoms with Gasteiger partial charge in [-0.1, -0.05) is 11.6 Å². The number of carbonyl (C=O) groups is 1. The third-order valence-electron chi connectivity index (χ3n) is 2.51. The molecule has 0 saturated carbocycles. The van der Waals surface area contributed by atoms with E-state index in [1.807, 2.05) is 0 Å². The highest BCUT2D eigenvalue weighted by atomic mass is 35.5. The zero-order valence-corrected chi connectivity index (χ0v) is 11.6. The maximum atomic E-state index is 13.1. The van der Waals surface area contributed by atoms with Gasteiger partial charge in [-0.25, -0.2) is 14.4 Å². The molecule has 0 atom stereocenters. The highest BCUT2D eigenvalue weighted by Gasteiger charge is 2.15. The van der Waals surface area contributed by atoms with E-state index in [2.05, 4.69) is 15.3 Å². The van der Waals surface area contributed by atoms with Gasteiger partial charge < -0.3 is 10.2 Å². The Morgan fingerprint density at radius 1 is 1.40 bits per heavy atom. The molecule has 104 valence electrons. The van der Waals surface area contributed by atoms with Gasteiger partial charge in [0.25, 0.3) is 5.91 Å². The van der Waals surface area contributed by atoms with Crippen molar-refractivity contribution in [2.75, 3.05) is 24.3 Å². The van der Waals surface area contributed by atoms with E-state index in [9.17, 15) is 9.18 Å². The third-order valence-corrected chi connectivity index (χ3v) is 2.81. The molecule has 0 spiro atoms. The van der Waals surface area contributed by atoms with Crippen molar-refractivity contribution in [2.45, 2.75) is 0 Å². The summed E-state index contributed by atoms with van der Waals surface area (Å²) in [5.74, 6) is -0.585. The van der Waals surface area contributed by atoms with Gasteiger partial charge in [-0.3, -0.25) is 4.79 Å². The molecule has 0 saturated heterocycles. The number of anilines is 2. The van der Waals surface area contributed by atoms with Gasteiger partial charge in [0.15, 0.2) is 5.82 Å². The van der Waals surface area contributed by atoms with Crippen molar-refractivity contribution in [1.29, 1.82) is 0 Å². The van der Waals surface area contributed by atoms with Gasteiger partial charge in [-0.15, -0.1) is 0 Å². The molecule has 2 aromatic heterocycles. The van der Waals surface area contributed by atoms with Gasteiger partial charge in [-0.05, 0) is 18.2 Å². The number of rotatable bonds is 3. The van der Waals surface area contributed by atoms with Crippen LogP contribution in [-0.4, -0.2) is 30.0 Å². The van der Waals surface area contributed by atoms with Crippen LogP contribution in [0, 0.1) is 5.82 Å². The van der Waals surface area contributed by atoms with Crippen molar-refractivity contribution < 1.29 is 9.18 Å². The molecule has 0 aromatic carbocycles. The highest BCUT2D eigenvalue weighted by molar-refractivity contribution is 6.33. The fourth-order valence-electron chi connectivity index (χ4n) is 1.62. The van der Waals surface area contributed by atoms with Crippen LogP contribution in [0.5, 0.6) is 0 Å². The summed E-state index contributed by atoms with van der Waals surface area (Å²) in [4.78, 5) is 21.6. The Hall–Kier alpha value is -2.21. The number of amides is 1. The Labute approximate surface area is 120 Å². The van der Waals surface area contributed by atoms with Crippen LogP contribution < -0.4 is 10.2 Å². The van der Waals surface area contributed by atoms with Crippen LogP contribution in [0.25, 0.3) is 0 Å². The lowest BCUT2D eigenvalue weighted by Crippen LogP contribution is -2.18. The zero-order valence-electron chi connectivity index (χ0n) is 10.9. The molecular formula is C13H12ClFN4O. The van der Waals surface area contributed by atoms with Crippen molar-refractivity contribution >= 4 is 29.0 Å². The van der Waals surface area contributed by atoms with Crippen LogP contribution in [0.15, 0.2) is 30.6 Å². The molecule has 2 aromatic rings. The smallest absolute Gasteiger partial charge is 0.258 e. The molecule has 0 aliphatic carbocycles. The number of pyridine rings is 2. The number of halogens is 2. The molecule has 2 rings (SSSR count). The Morgan fingerprint density at radius 3 is 2.85 bits per heavy atom. The molecule has 0 fully saturated rings. The number of hydrogen-bond donors (Lipinski definition) is 1. The summed E-state index contributed by atoms with van der Waals surface area (Å²) in [5, 5.41) is 2.59. The Morgan fingerprint density at radius 2 is 2.15 bits per heavy atom. The number of nitrogens with one attached hydrogen (secondary N) is 1. The minimum absolute atomic E-state index is 0.0276. The molecule has 5 nitrogen and oxygen atoms in total. The van der Waals surface area contributed by atoms with Crippen molar-refractivity contribution in [1.82, 2.24) is 9.97 Å². The molecule has 0 aliphatic heterocycles. The summed E-state index contributed by atoms with van der Waals surface area (Å²) in [6.45, 7) is 0. The van der Waals surface area contributed by atoms with Crippen LogP contribution in [0.3, 0.4) is 0 Å². The molecule has 7 heteroatoms. The summed E-state index contributed by atoms with van der Waals surface area (Å²) in [5.41, 5.74) is 0.475. The Bertz CT molecular complexity index is 648. The van der Waals surface area contributed by atoms with Crippen LogP contribution in [0.1, 0.15) is 10.4 Å². The standard InChI is InChI=1S/C13H12ClFN4O/c1-19(2)12-10(4-3-5-16-12)18-13(20)9-6-8(15)7-17-11(9)14/h3-7H,1-2H3,(H,18,20). The fourth-order valence-corrected chi connectivity index (χ4v) is 1.81. The van der Waals surface area contributed by atoms with E-state index in [1.54, 1.807) is 37.3 Å². The van der Waals surface area contributed by atoms with E-state index >= 15 is 0 Å². The van der Waals surface area contributed by atoms with Gasteiger partial charge in [0.05, 0.1) is 17.4 Å². The van der Waals surface area contributed by atoms with E-state index in [-0.39, 0.29) is 10.7 Å². The topological polar surface area (TPSA) is 58.1 Å². The van der Waals surface area contributed by atoms with E-state index in [0.717, 1.165) is 12.3 Å². The summed E-state index contributed by atoms with van der Waals surface area (Å²) < 4.78 is 13.1. The fraction of sp³-hybridized carbons (Fsp3) is 0.154. The molecule has 0 radical (unpaired) electrons. The first-order valence-corrected chi connectivity index (χ1v) is 6.11. The van der Waals surface area contributed by atoms with Crippen LogP contribution in [-0.2, 0) is 0 Å². The number of carbonyl (C=O) groups excluding carboxylic acids is 1. The first-order valence-electron chi connectivity index (χ1n) is 5.74. The predicted molar refractivity (Wildman–Crippen MR) is 75.7 cm³/mol. The Balaban J connectivity index is 2.31. The van der Waals surface area contributed by atoms with E-state index in [4.69, 9.17) is 11.6 Å². The maximum Gasteiger partial charge on any atom is 0.258 e. The largest absolute Gasteiger partial charge is 0.361 e. The minimum atomic E-state index is -0.626. The number of hydrogen-bond acceptors (Lipinski definition) is 4. The SMILES string of the molecule is CN(C)c1ncccc1NC(=O)c1cc(F)cnc1Cl. The van der Waals surface area contributed by atoms with Crippen LogP contribution >= 0.6 is 11.6 Å². The molecule has 1 N–H and O–H groups in total.